The molecular formula is C11H17NO3. The average molecular weight is 211 g/mol. The second kappa shape index (κ2) is 6.31. The minimum atomic E-state index is -1.83. The zero-order valence-electron chi connectivity index (χ0n) is 9.25. The van der Waals surface area contributed by atoms with E-state index >= 15 is 0 Å². The molecule has 0 rings (SSSR count). The van der Waals surface area contributed by atoms with Gasteiger partial charge in [-0.3, -0.25) is 9.59 Å². The van der Waals surface area contributed by atoms with Gasteiger partial charge < -0.3 is 5.11 Å². The molecule has 84 valence electrons. The number of nitrogens with zero attached hydrogens (tertiary/aromatic N) is 1. The highest BCUT2D eigenvalue weighted by molar-refractivity contribution is 6.09. The van der Waals surface area contributed by atoms with Gasteiger partial charge in [-0.25, -0.2) is 0 Å². The number of hydrogen-bond acceptors (Lipinski definition) is 4. The minimum Gasteiger partial charge on any atom is -0.375 e. The van der Waals surface area contributed by atoms with Crippen LogP contribution in [0.25, 0.3) is 0 Å². The smallest absolute Gasteiger partial charge is 0.180 e. The van der Waals surface area contributed by atoms with Crippen molar-refractivity contribution >= 4 is 11.6 Å². The molecule has 4 heteroatoms. The molecule has 0 aromatic carbocycles. The van der Waals surface area contributed by atoms with Crippen LogP contribution in [0.3, 0.4) is 0 Å². The SMILES string of the molecule is CCC(=O)[C@](O)(CC)C(=O)CCCC#N. The van der Waals surface area contributed by atoms with Crippen molar-refractivity contribution in [2.24, 2.45) is 0 Å². The summed E-state index contributed by atoms with van der Waals surface area (Å²) in [4.78, 5) is 23.0. The van der Waals surface area contributed by atoms with Crippen LogP contribution in [-0.2, 0) is 9.59 Å². The van der Waals surface area contributed by atoms with Crippen LogP contribution in [0.5, 0.6) is 0 Å². The largest absolute Gasteiger partial charge is 0.375 e. The Morgan fingerprint density at radius 2 is 1.93 bits per heavy atom. The molecule has 0 radical (unpaired) electrons. The average Bonchev–Trinajstić information content (AvgIpc) is 2.26. The topological polar surface area (TPSA) is 78.2 Å². The number of ketones is 2. The lowest BCUT2D eigenvalue weighted by atomic mass is 9.86. The van der Waals surface area contributed by atoms with Gasteiger partial charge in [-0.1, -0.05) is 13.8 Å². The van der Waals surface area contributed by atoms with E-state index in [0.717, 1.165) is 0 Å². The van der Waals surface area contributed by atoms with E-state index < -0.39 is 17.2 Å². The van der Waals surface area contributed by atoms with Gasteiger partial charge >= 0.3 is 0 Å². The summed E-state index contributed by atoms with van der Waals surface area (Å²) in [5.41, 5.74) is -1.83. The summed E-state index contributed by atoms with van der Waals surface area (Å²) in [5, 5.41) is 18.2. The first-order valence-electron chi connectivity index (χ1n) is 5.18. The first-order chi connectivity index (χ1) is 7.02. The monoisotopic (exact) mass is 211 g/mol. The molecule has 0 aliphatic rings. The van der Waals surface area contributed by atoms with Gasteiger partial charge in [0.2, 0.25) is 0 Å². The number of carbonyl (C=O) groups is 2. The molecular weight excluding hydrogens is 194 g/mol. The molecule has 0 unspecified atom stereocenters. The van der Waals surface area contributed by atoms with Crippen molar-refractivity contribution in [2.75, 3.05) is 0 Å². The molecule has 0 saturated heterocycles. The second-order valence-corrected chi connectivity index (χ2v) is 3.43. The highest BCUT2D eigenvalue weighted by Gasteiger charge is 2.39. The van der Waals surface area contributed by atoms with Gasteiger partial charge in [0.15, 0.2) is 17.2 Å². The molecule has 0 saturated carbocycles. The summed E-state index contributed by atoms with van der Waals surface area (Å²) in [7, 11) is 0. The van der Waals surface area contributed by atoms with Crippen LogP contribution < -0.4 is 0 Å². The van der Waals surface area contributed by atoms with E-state index in [1.165, 1.54) is 0 Å². The van der Waals surface area contributed by atoms with Crippen molar-refractivity contribution in [3.05, 3.63) is 0 Å². The Labute approximate surface area is 89.9 Å². The number of aliphatic hydroxyl groups is 1. The molecule has 4 nitrogen and oxygen atoms in total. The maximum Gasteiger partial charge on any atom is 0.180 e. The van der Waals surface area contributed by atoms with Gasteiger partial charge in [-0.05, 0) is 12.8 Å². The molecule has 0 aliphatic carbocycles. The summed E-state index contributed by atoms with van der Waals surface area (Å²) in [6.45, 7) is 3.22. The number of Topliss-reactive ketones (excluding diaryl/α,β-unsaturated/α-hetero) is 2. The maximum absolute atomic E-state index is 11.6. The molecule has 0 aromatic rings. The molecule has 0 fully saturated rings. The molecule has 0 bridgehead atoms. The van der Waals surface area contributed by atoms with Crippen LogP contribution in [0, 0.1) is 11.3 Å². The van der Waals surface area contributed by atoms with Gasteiger partial charge in [0.1, 0.15) is 0 Å². The highest BCUT2D eigenvalue weighted by atomic mass is 16.3. The van der Waals surface area contributed by atoms with Crippen molar-refractivity contribution in [2.45, 2.75) is 51.6 Å². The molecule has 1 N–H and O–H groups in total. The third-order valence-electron chi connectivity index (χ3n) is 2.45. The van der Waals surface area contributed by atoms with Crippen LogP contribution in [0.1, 0.15) is 46.0 Å². The second-order valence-electron chi connectivity index (χ2n) is 3.43. The van der Waals surface area contributed by atoms with Crippen LogP contribution in [0.2, 0.25) is 0 Å². The summed E-state index contributed by atoms with van der Waals surface area (Å²) < 4.78 is 0. The molecule has 0 amide bonds. The fraction of sp³-hybridized carbons (Fsp3) is 0.727. The maximum atomic E-state index is 11.6. The highest BCUT2D eigenvalue weighted by Crippen LogP contribution is 2.18. The van der Waals surface area contributed by atoms with E-state index in [1.807, 2.05) is 6.07 Å². The van der Waals surface area contributed by atoms with Crippen molar-refractivity contribution in [1.29, 1.82) is 5.26 Å². The van der Waals surface area contributed by atoms with Gasteiger partial charge in [0, 0.05) is 19.3 Å². The molecule has 1 atom stereocenters. The number of rotatable bonds is 7. The first kappa shape index (κ1) is 13.8. The fourth-order valence-electron chi connectivity index (χ4n) is 1.38. The van der Waals surface area contributed by atoms with Crippen molar-refractivity contribution in [3.63, 3.8) is 0 Å². The number of nitriles is 1. The summed E-state index contributed by atoms with van der Waals surface area (Å²) in [6.07, 6.45) is 1.00. The van der Waals surface area contributed by atoms with Gasteiger partial charge in [-0.15, -0.1) is 0 Å². The van der Waals surface area contributed by atoms with Gasteiger partial charge in [-0.2, -0.15) is 5.26 Å². The standard InChI is InChI=1S/C11H17NO3/c1-3-9(13)11(15,4-2)10(14)7-5-6-8-12/h15H,3-7H2,1-2H3/t11-/m1/s1. The fourth-order valence-corrected chi connectivity index (χ4v) is 1.38. The summed E-state index contributed by atoms with van der Waals surface area (Å²) in [6, 6.07) is 1.92. The number of hydrogen-bond donors (Lipinski definition) is 1. The molecule has 0 spiro atoms. The Hall–Kier alpha value is -1.21. The lowest BCUT2D eigenvalue weighted by Gasteiger charge is -2.22. The Morgan fingerprint density at radius 3 is 2.33 bits per heavy atom. The Balaban J connectivity index is 4.46. The van der Waals surface area contributed by atoms with Gasteiger partial charge in [0.25, 0.3) is 0 Å². The third kappa shape index (κ3) is 3.45. The zero-order valence-corrected chi connectivity index (χ0v) is 9.25. The van der Waals surface area contributed by atoms with Crippen molar-refractivity contribution in [1.82, 2.24) is 0 Å². The Bertz CT molecular complexity index is 280. The Morgan fingerprint density at radius 1 is 1.33 bits per heavy atom. The lowest BCUT2D eigenvalue weighted by Crippen LogP contribution is -2.45. The lowest BCUT2D eigenvalue weighted by molar-refractivity contribution is -0.151. The molecule has 0 aromatic heterocycles. The molecule has 0 heterocycles. The number of carbonyl (C=O) groups excluding carboxylic acids is 2. The van der Waals surface area contributed by atoms with Crippen LogP contribution >= 0.6 is 0 Å². The van der Waals surface area contributed by atoms with Crippen LogP contribution in [-0.4, -0.2) is 22.3 Å². The van der Waals surface area contributed by atoms with Crippen molar-refractivity contribution in [3.8, 4) is 6.07 Å². The van der Waals surface area contributed by atoms with Crippen LogP contribution in [0.4, 0.5) is 0 Å². The number of unbranched alkanes of at least 4 members (excludes halogenated alkanes) is 1. The van der Waals surface area contributed by atoms with E-state index in [0.29, 0.717) is 6.42 Å². The predicted octanol–water partition coefficient (Wildman–Crippen LogP) is 1.37. The van der Waals surface area contributed by atoms with Crippen LogP contribution in [0.15, 0.2) is 0 Å². The molecule has 0 aliphatic heterocycles. The van der Waals surface area contributed by atoms with E-state index in [4.69, 9.17) is 5.26 Å². The van der Waals surface area contributed by atoms with Crippen molar-refractivity contribution < 1.29 is 14.7 Å². The van der Waals surface area contributed by atoms with E-state index in [1.54, 1.807) is 13.8 Å². The minimum absolute atomic E-state index is 0.0869. The summed E-state index contributed by atoms with van der Waals surface area (Å²) >= 11 is 0. The Kier molecular flexibility index (Phi) is 5.80. The molecule has 15 heavy (non-hydrogen) atoms. The summed E-state index contributed by atoms with van der Waals surface area (Å²) in [5.74, 6) is -0.904. The zero-order chi connectivity index (χ0) is 11.9. The van der Waals surface area contributed by atoms with E-state index in [9.17, 15) is 14.7 Å². The third-order valence-corrected chi connectivity index (χ3v) is 2.45. The van der Waals surface area contributed by atoms with Gasteiger partial charge in [0.05, 0.1) is 6.07 Å². The van der Waals surface area contributed by atoms with E-state index in [2.05, 4.69) is 0 Å². The first-order valence-corrected chi connectivity index (χ1v) is 5.18. The quantitative estimate of drug-likeness (QED) is 0.509. The predicted molar refractivity (Wildman–Crippen MR) is 55.0 cm³/mol. The van der Waals surface area contributed by atoms with E-state index in [-0.39, 0.29) is 25.7 Å². The normalized spacial score (nSPS) is 14.0.